The molecule has 2 aromatic carbocycles. The Morgan fingerprint density at radius 2 is 1.88 bits per heavy atom. The molecule has 26 heavy (non-hydrogen) atoms. The second-order valence-corrected chi connectivity index (χ2v) is 7.42. The van der Waals surface area contributed by atoms with Crippen molar-refractivity contribution in [3.8, 4) is 0 Å². The van der Waals surface area contributed by atoms with Gasteiger partial charge in [0.05, 0.1) is 18.0 Å². The maximum absolute atomic E-state index is 13.8. The van der Waals surface area contributed by atoms with Gasteiger partial charge >= 0.3 is 0 Å². The van der Waals surface area contributed by atoms with Crippen LogP contribution in [-0.4, -0.2) is 33.0 Å². The third-order valence-electron chi connectivity index (χ3n) is 3.77. The molecule has 0 aromatic heterocycles. The second-order valence-electron chi connectivity index (χ2n) is 5.49. The summed E-state index contributed by atoms with van der Waals surface area (Å²) in [5.74, 6) is -2.10. The fourth-order valence-corrected chi connectivity index (χ4v) is 3.27. The normalized spacial score (nSPS) is 12.8. The number of benzene rings is 2. The Morgan fingerprint density at radius 1 is 1.19 bits per heavy atom. The molecule has 0 aliphatic heterocycles. The summed E-state index contributed by atoms with van der Waals surface area (Å²) in [6.45, 7) is 1.54. The van der Waals surface area contributed by atoms with Gasteiger partial charge in [-0.3, -0.25) is 9.63 Å². The summed E-state index contributed by atoms with van der Waals surface area (Å²) in [7, 11) is -1.48. The zero-order valence-corrected chi connectivity index (χ0v) is 15.2. The van der Waals surface area contributed by atoms with E-state index in [1.165, 1.54) is 51.4 Å². The van der Waals surface area contributed by atoms with E-state index in [2.05, 4.69) is 10.2 Å². The molecule has 1 atom stereocenters. The highest BCUT2D eigenvalue weighted by Gasteiger charge is 2.22. The van der Waals surface area contributed by atoms with Gasteiger partial charge in [0.25, 0.3) is 15.9 Å². The predicted molar refractivity (Wildman–Crippen MR) is 90.6 cm³/mol. The van der Waals surface area contributed by atoms with E-state index in [0.717, 1.165) is 12.1 Å². The lowest BCUT2D eigenvalue weighted by atomic mass is 10.1. The van der Waals surface area contributed by atoms with Gasteiger partial charge in [-0.25, -0.2) is 17.2 Å². The molecule has 9 heteroatoms. The van der Waals surface area contributed by atoms with Crippen molar-refractivity contribution in [3.63, 3.8) is 0 Å². The summed E-state index contributed by atoms with van der Waals surface area (Å²) in [5, 5.41) is 2.55. The van der Waals surface area contributed by atoms with Crippen molar-refractivity contribution in [2.24, 2.45) is 0 Å². The molecule has 0 fully saturated rings. The first kappa shape index (κ1) is 20.0. The van der Waals surface area contributed by atoms with Gasteiger partial charge in [-0.1, -0.05) is 16.6 Å². The topological polar surface area (TPSA) is 75.7 Å². The Labute approximate surface area is 150 Å². The van der Waals surface area contributed by atoms with Crippen molar-refractivity contribution < 1.29 is 26.8 Å². The molecule has 140 valence electrons. The number of carbonyl (C=O) groups excluding carboxylic acids is 1. The van der Waals surface area contributed by atoms with Gasteiger partial charge in [-0.15, -0.1) is 0 Å². The van der Waals surface area contributed by atoms with Crippen LogP contribution in [0.25, 0.3) is 0 Å². The molecule has 0 radical (unpaired) electrons. The molecule has 0 bridgehead atoms. The predicted octanol–water partition coefficient (Wildman–Crippen LogP) is 2.64. The fourth-order valence-electron chi connectivity index (χ4n) is 2.25. The molecule has 6 nitrogen and oxygen atoms in total. The van der Waals surface area contributed by atoms with Gasteiger partial charge in [0.15, 0.2) is 0 Å². The van der Waals surface area contributed by atoms with Gasteiger partial charge in [0.2, 0.25) is 0 Å². The van der Waals surface area contributed by atoms with Crippen molar-refractivity contribution in [3.05, 3.63) is 65.2 Å². The Balaban J connectivity index is 2.24. The van der Waals surface area contributed by atoms with E-state index in [-0.39, 0.29) is 16.0 Å². The molecule has 2 aromatic rings. The average Bonchev–Trinajstić information content (AvgIpc) is 2.60. The molecule has 0 unspecified atom stereocenters. The van der Waals surface area contributed by atoms with E-state index < -0.39 is 33.6 Å². The zero-order chi connectivity index (χ0) is 19.5. The van der Waals surface area contributed by atoms with Gasteiger partial charge in [-0.2, -0.15) is 0 Å². The maximum Gasteiger partial charge on any atom is 0.264 e. The number of hydrogen-bond donors (Lipinski definition) is 1. The number of halogens is 2. The van der Waals surface area contributed by atoms with Crippen LogP contribution in [0.2, 0.25) is 0 Å². The Hall–Kier alpha value is -2.36. The minimum atomic E-state index is -3.91. The van der Waals surface area contributed by atoms with E-state index >= 15 is 0 Å². The van der Waals surface area contributed by atoms with Crippen LogP contribution in [0.5, 0.6) is 0 Å². The zero-order valence-electron chi connectivity index (χ0n) is 14.4. The number of nitrogens with one attached hydrogen (secondary N) is 1. The third-order valence-corrected chi connectivity index (χ3v) is 5.44. The van der Waals surface area contributed by atoms with Crippen LogP contribution in [-0.2, 0) is 14.9 Å². The summed E-state index contributed by atoms with van der Waals surface area (Å²) in [5.41, 5.74) is 0.188. The SMILES string of the molecule is CON(C)S(=O)(=O)c1cccc(C(=O)N[C@@H](C)c2ccc(F)cc2F)c1. The first-order valence-electron chi connectivity index (χ1n) is 7.55. The number of hydroxylamine groups is 1. The smallest absolute Gasteiger partial charge is 0.264 e. The van der Waals surface area contributed by atoms with E-state index in [4.69, 9.17) is 0 Å². The molecule has 2 rings (SSSR count). The molecule has 0 saturated carbocycles. The highest BCUT2D eigenvalue weighted by Crippen LogP contribution is 2.20. The summed E-state index contributed by atoms with van der Waals surface area (Å²) >= 11 is 0. The van der Waals surface area contributed by atoms with Crippen LogP contribution >= 0.6 is 0 Å². The van der Waals surface area contributed by atoms with Crippen molar-refractivity contribution in [2.75, 3.05) is 14.2 Å². The monoisotopic (exact) mass is 384 g/mol. The quantitative estimate of drug-likeness (QED) is 0.777. The maximum atomic E-state index is 13.8. The Bertz CT molecular complexity index is 919. The third kappa shape index (κ3) is 4.24. The van der Waals surface area contributed by atoms with Crippen molar-refractivity contribution in [1.82, 2.24) is 9.79 Å². The molecule has 1 N–H and O–H groups in total. The Kier molecular flexibility index (Phi) is 6.06. The number of sulfonamides is 1. The highest BCUT2D eigenvalue weighted by atomic mass is 32.2. The van der Waals surface area contributed by atoms with Crippen LogP contribution in [0.4, 0.5) is 8.78 Å². The fraction of sp³-hybridized carbons (Fsp3) is 0.235. The molecular formula is C17H18F2N2O4S. The van der Waals surface area contributed by atoms with Crippen LogP contribution in [0.15, 0.2) is 47.4 Å². The van der Waals surface area contributed by atoms with E-state index in [1.54, 1.807) is 0 Å². The first-order valence-corrected chi connectivity index (χ1v) is 8.99. The van der Waals surface area contributed by atoms with Crippen LogP contribution in [0, 0.1) is 11.6 Å². The number of rotatable bonds is 6. The summed E-state index contributed by atoms with van der Waals surface area (Å²) in [4.78, 5) is 16.9. The number of hydrogen-bond acceptors (Lipinski definition) is 4. The van der Waals surface area contributed by atoms with E-state index in [0.29, 0.717) is 4.47 Å². The summed E-state index contributed by atoms with van der Waals surface area (Å²) in [6, 6.07) is 7.66. The summed E-state index contributed by atoms with van der Waals surface area (Å²) < 4.78 is 52.0. The number of carbonyl (C=O) groups is 1. The summed E-state index contributed by atoms with van der Waals surface area (Å²) in [6.07, 6.45) is 0. The van der Waals surface area contributed by atoms with E-state index in [9.17, 15) is 22.0 Å². The standard InChI is InChI=1S/C17H18F2N2O4S/c1-11(15-8-7-13(18)10-16(15)19)20-17(22)12-5-4-6-14(9-12)26(23,24)21(2)25-3/h4-11H,1-3H3,(H,20,22)/t11-/m0/s1. The Morgan fingerprint density at radius 3 is 2.50 bits per heavy atom. The lowest BCUT2D eigenvalue weighted by Crippen LogP contribution is -2.28. The minimum absolute atomic E-state index is 0.0740. The highest BCUT2D eigenvalue weighted by molar-refractivity contribution is 7.89. The molecule has 0 aliphatic rings. The molecule has 0 aliphatic carbocycles. The van der Waals surface area contributed by atoms with E-state index in [1.807, 2.05) is 0 Å². The molecule has 1 amide bonds. The van der Waals surface area contributed by atoms with Crippen LogP contribution < -0.4 is 5.32 Å². The number of amides is 1. The molecule has 0 heterocycles. The van der Waals surface area contributed by atoms with Crippen molar-refractivity contribution in [1.29, 1.82) is 0 Å². The molecule has 0 saturated heterocycles. The second kappa shape index (κ2) is 7.90. The number of nitrogens with zero attached hydrogens (tertiary/aromatic N) is 1. The van der Waals surface area contributed by atoms with Gasteiger partial charge in [0, 0.05) is 24.2 Å². The van der Waals surface area contributed by atoms with Crippen molar-refractivity contribution >= 4 is 15.9 Å². The van der Waals surface area contributed by atoms with Crippen LogP contribution in [0.1, 0.15) is 28.9 Å². The van der Waals surface area contributed by atoms with Crippen molar-refractivity contribution in [2.45, 2.75) is 17.9 Å². The van der Waals surface area contributed by atoms with Gasteiger partial charge in [-0.05, 0) is 31.2 Å². The van der Waals surface area contributed by atoms with Gasteiger partial charge in [0.1, 0.15) is 11.6 Å². The molecular weight excluding hydrogens is 366 g/mol. The lowest BCUT2D eigenvalue weighted by Gasteiger charge is -2.17. The average molecular weight is 384 g/mol. The minimum Gasteiger partial charge on any atom is -0.345 e. The molecule has 0 spiro atoms. The lowest BCUT2D eigenvalue weighted by molar-refractivity contribution is -0.0258. The largest absolute Gasteiger partial charge is 0.345 e. The van der Waals surface area contributed by atoms with Gasteiger partial charge < -0.3 is 5.32 Å². The van der Waals surface area contributed by atoms with Crippen LogP contribution in [0.3, 0.4) is 0 Å². The first-order chi connectivity index (χ1) is 12.2.